The number of anilines is 1. The number of carboxylic acid groups (broad SMARTS) is 1. The number of hydrogen-bond donors (Lipinski definition) is 2. The molecule has 3 aromatic rings. The number of thiazole rings is 1. The zero-order valence-corrected chi connectivity index (χ0v) is 15.9. The number of aliphatic carboxylic acids is 1. The molecule has 0 aliphatic rings. The number of nitrogens with zero attached hydrogens (tertiary/aromatic N) is 1. The van der Waals surface area contributed by atoms with Crippen molar-refractivity contribution >= 4 is 22.4 Å². The van der Waals surface area contributed by atoms with Crippen LogP contribution in [0.2, 0.25) is 0 Å². The van der Waals surface area contributed by atoms with Gasteiger partial charge in [-0.05, 0) is 48.9 Å². The summed E-state index contributed by atoms with van der Waals surface area (Å²) < 4.78 is 10.3. The molecule has 0 aliphatic carbocycles. The molecule has 2 aromatic carbocycles. The van der Waals surface area contributed by atoms with E-state index in [2.05, 4.69) is 10.3 Å². The number of methoxy groups -OCH3 is 1. The third kappa shape index (κ3) is 4.98. The molecule has 0 radical (unpaired) electrons. The Bertz CT molecular complexity index is 905. The molecule has 140 valence electrons. The van der Waals surface area contributed by atoms with Crippen molar-refractivity contribution in [2.75, 3.05) is 19.0 Å². The number of aryl methyl sites for hydroxylation is 1. The Hall–Kier alpha value is -3.06. The zero-order valence-electron chi connectivity index (χ0n) is 15.1. The molecular weight excluding hydrogens is 364 g/mol. The average molecular weight is 384 g/mol. The summed E-state index contributed by atoms with van der Waals surface area (Å²) in [4.78, 5) is 16.3. The highest BCUT2D eigenvalue weighted by molar-refractivity contribution is 7.16. The van der Waals surface area contributed by atoms with Gasteiger partial charge in [-0.15, -0.1) is 11.3 Å². The highest BCUT2D eigenvalue weighted by atomic mass is 32.1. The van der Waals surface area contributed by atoms with Gasteiger partial charge < -0.3 is 19.9 Å². The second-order valence-corrected chi connectivity index (χ2v) is 7.04. The number of ether oxygens (including phenoxy) is 2. The van der Waals surface area contributed by atoms with E-state index in [1.165, 1.54) is 0 Å². The molecule has 0 spiro atoms. The van der Waals surface area contributed by atoms with Gasteiger partial charge in [-0.25, -0.2) is 9.78 Å². The first kappa shape index (κ1) is 18.7. The van der Waals surface area contributed by atoms with Gasteiger partial charge in [-0.1, -0.05) is 12.1 Å². The van der Waals surface area contributed by atoms with Gasteiger partial charge in [-0.2, -0.15) is 0 Å². The summed E-state index contributed by atoms with van der Waals surface area (Å²) in [5.74, 6) is 0.357. The van der Waals surface area contributed by atoms with Gasteiger partial charge >= 0.3 is 5.97 Å². The lowest BCUT2D eigenvalue weighted by Gasteiger charge is -2.05. The van der Waals surface area contributed by atoms with Crippen LogP contribution in [0.15, 0.2) is 48.5 Å². The number of hydrogen-bond acceptors (Lipinski definition) is 6. The van der Waals surface area contributed by atoms with Gasteiger partial charge in [0.2, 0.25) is 0 Å². The fourth-order valence-corrected chi connectivity index (χ4v) is 3.35. The van der Waals surface area contributed by atoms with Crippen molar-refractivity contribution in [3.63, 3.8) is 0 Å². The smallest absolute Gasteiger partial charge is 0.341 e. The lowest BCUT2D eigenvalue weighted by molar-refractivity contribution is -0.139. The Morgan fingerprint density at radius 3 is 2.41 bits per heavy atom. The first-order chi connectivity index (χ1) is 13.0. The van der Waals surface area contributed by atoms with E-state index >= 15 is 0 Å². The topological polar surface area (TPSA) is 80.7 Å². The standard InChI is InChI=1S/C20H20N2O4S/c1-13-19(15-5-9-17(10-6-15)26-12-18(23)24)22-20(27-13)21-11-14-3-7-16(25-2)8-4-14/h3-10H,11-12H2,1-2H3,(H,21,22)(H,23,24). The molecule has 0 saturated heterocycles. The third-order valence-electron chi connectivity index (χ3n) is 3.89. The highest BCUT2D eigenvalue weighted by Crippen LogP contribution is 2.31. The minimum atomic E-state index is -0.998. The van der Waals surface area contributed by atoms with Crippen molar-refractivity contribution in [1.82, 2.24) is 4.98 Å². The molecule has 1 heterocycles. The van der Waals surface area contributed by atoms with E-state index in [0.717, 1.165) is 32.6 Å². The fourth-order valence-electron chi connectivity index (χ4n) is 2.52. The minimum absolute atomic E-state index is 0.353. The summed E-state index contributed by atoms with van der Waals surface area (Å²) in [7, 11) is 1.65. The Morgan fingerprint density at radius 1 is 1.11 bits per heavy atom. The Balaban J connectivity index is 1.65. The van der Waals surface area contributed by atoms with Crippen LogP contribution in [0.5, 0.6) is 11.5 Å². The number of carboxylic acids is 1. The quantitative estimate of drug-likeness (QED) is 0.606. The Morgan fingerprint density at radius 2 is 1.78 bits per heavy atom. The second kappa shape index (κ2) is 8.55. The van der Waals surface area contributed by atoms with Crippen LogP contribution < -0.4 is 14.8 Å². The molecule has 0 unspecified atom stereocenters. The van der Waals surface area contributed by atoms with Crippen molar-refractivity contribution in [2.24, 2.45) is 0 Å². The van der Waals surface area contributed by atoms with Crippen LogP contribution in [0.25, 0.3) is 11.3 Å². The Labute approximate surface area is 161 Å². The molecule has 3 rings (SSSR count). The van der Waals surface area contributed by atoms with Crippen LogP contribution in [0.4, 0.5) is 5.13 Å². The van der Waals surface area contributed by atoms with E-state index < -0.39 is 5.97 Å². The molecule has 0 atom stereocenters. The molecule has 0 amide bonds. The SMILES string of the molecule is COc1ccc(CNc2nc(-c3ccc(OCC(=O)O)cc3)c(C)s2)cc1. The van der Waals surface area contributed by atoms with Crippen LogP contribution >= 0.6 is 11.3 Å². The van der Waals surface area contributed by atoms with E-state index in [9.17, 15) is 4.79 Å². The van der Waals surface area contributed by atoms with E-state index in [1.807, 2.05) is 43.3 Å². The zero-order chi connectivity index (χ0) is 19.2. The van der Waals surface area contributed by atoms with Gasteiger partial charge in [0.1, 0.15) is 11.5 Å². The van der Waals surface area contributed by atoms with Gasteiger partial charge in [0.05, 0.1) is 12.8 Å². The van der Waals surface area contributed by atoms with E-state index in [4.69, 9.17) is 14.6 Å². The minimum Gasteiger partial charge on any atom is -0.497 e. The summed E-state index contributed by atoms with van der Waals surface area (Å²) in [5, 5.41) is 12.9. The molecular formula is C20H20N2O4S. The van der Waals surface area contributed by atoms with Gasteiger partial charge in [0, 0.05) is 17.0 Å². The largest absolute Gasteiger partial charge is 0.497 e. The number of rotatable bonds is 8. The van der Waals surface area contributed by atoms with Crippen molar-refractivity contribution in [3.8, 4) is 22.8 Å². The van der Waals surface area contributed by atoms with Crippen molar-refractivity contribution < 1.29 is 19.4 Å². The monoisotopic (exact) mass is 384 g/mol. The van der Waals surface area contributed by atoms with Crippen LogP contribution in [-0.2, 0) is 11.3 Å². The molecule has 2 N–H and O–H groups in total. The number of benzene rings is 2. The van der Waals surface area contributed by atoms with Crippen LogP contribution in [0.1, 0.15) is 10.4 Å². The maximum absolute atomic E-state index is 10.6. The third-order valence-corrected chi connectivity index (χ3v) is 4.82. The van der Waals surface area contributed by atoms with E-state index in [-0.39, 0.29) is 6.61 Å². The van der Waals surface area contributed by atoms with Gasteiger partial charge in [-0.3, -0.25) is 0 Å². The van der Waals surface area contributed by atoms with E-state index in [1.54, 1.807) is 30.6 Å². The maximum Gasteiger partial charge on any atom is 0.341 e. The summed E-state index contributed by atoms with van der Waals surface area (Å²) in [6.07, 6.45) is 0. The van der Waals surface area contributed by atoms with Gasteiger partial charge in [0.15, 0.2) is 11.7 Å². The van der Waals surface area contributed by atoms with Crippen LogP contribution in [-0.4, -0.2) is 29.8 Å². The summed E-state index contributed by atoms with van der Waals surface area (Å²) in [5.41, 5.74) is 3.01. The molecule has 1 aromatic heterocycles. The molecule has 0 saturated carbocycles. The lowest BCUT2D eigenvalue weighted by atomic mass is 10.1. The molecule has 7 heteroatoms. The first-order valence-corrected chi connectivity index (χ1v) is 9.16. The van der Waals surface area contributed by atoms with E-state index in [0.29, 0.717) is 12.3 Å². The molecule has 0 fully saturated rings. The fraction of sp³-hybridized carbons (Fsp3) is 0.200. The first-order valence-electron chi connectivity index (χ1n) is 8.34. The summed E-state index contributed by atoms with van der Waals surface area (Å²) in [6.45, 7) is 2.35. The van der Waals surface area contributed by atoms with Crippen LogP contribution in [0.3, 0.4) is 0 Å². The normalized spacial score (nSPS) is 10.4. The molecule has 0 aliphatic heterocycles. The molecule has 27 heavy (non-hydrogen) atoms. The number of nitrogens with one attached hydrogen (secondary N) is 1. The molecule has 0 bridgehead atoms. The summed E-state index contributed by atoms with van der Waals surface area (Å²) in [6, 6.07) is 15.2. The number of carbonyl (C=O) groups is 1. The maximum atomic E-state index is 10.6. The number of aromatic nitrogens is 1. The highest BCUT2D eigenvalue weighted by Gasteiger charge is 2.10. The van der Waals surface area contributed by atoms with Gasteiger partial charge in [0.25, 0.3) is 0 Å². The lowest BCUT2D eigenvalue weighted by Crippen LogP contribution is -2.09. The Kier molecular flexibility index (Phi) is 5.93. The average Bonchev–Trinajstić information content (AvgIpc) is 3.06. The second-order valence-electron chi connectivity index (χ2n) is 5.83. The van der Waals surface area contributed by atoms with Crippen molar-refractivity contribution in [1.29, 1.82) is 0 Å². The summed E-state index contributed by atoms with van der Waals surface area (Å²) >= 11 is 1.60. The molecule has 6 nitrogen and oxygen atoms in total. The van der Waals surface area contributed by atoms with Crippen molar-refractivity contribution in [2.45, 2.75) is 13.5 Å². The van der Waals surface area contributed by atoms with Crippen molar-refractivity contribution in [3.05, 3.63) is 59.0 Å². The van der Waals surface area contributed by atoms with Crippen LogP contribution in [0, 0.1) is 6.92 Å². The predicted molar refractivity (Wildman–Crippen MR) is 106 cm³/mol. The predicted octanol–water partition coefficient (Wildman–Crippen LogP) is 4.20.